The molecule has 5 aromatic rings. The van der Waals surface area contributed by atoms with Crippen LogP contribution in [0.3, 0.4) is 0 Å². The molecule has 2 aliphatic rings. The molecule has 184 valence electrons. The number of rotatable bonds is 3. The van der Waals surface area contributed by atoms with Crippen LogP contribution in [0, 0.1) is 6.92 Å². The number of aryl methyl sites for hydroxylation is 1. The molecular weight excluding hydrogens is 450 g/mol. The van der Waals surface area contributed by atoms with Crippen molar-refractivity contribution in [1.82, 2.24) is 4.98 Å². The third-order valence-electron chi connectivity index (χ3n) is 8.73. The Balaban J connectivity index is 1.37. The summed E-state index contributed by atoms with van der Waals surface area (Å²) in [7, 11) is 0. The van der Waals surface area contributed by atoms with Crippen LogP contribution in [0.2, 0.25) is 0 Å². The highest BCUT2D eigenvalue weighted by molar-refractivity contribution is 5.98. The van der Waals surface area contributed by atoms with Crippen LogP contribution in [-0.4, -0.2) is 4.98 Å². The minimum absolute atomic E-state index is 0.224. The number of pyridine rings is 1. The van der Waals surface area contributed by atoms with Gasteiger partial charge in [-0.1, -0.05) is 69.5 Å². The molecule has 0 radical (unpaired) electrons. The third kappa shape index (κ3) is 3.65. The van der Waals surface area contributed by atoms with Gasteiger partial charge in [-0.15, -0.1) is 0 Å². The quantitative estimate of drug-likeness (QED) is 0.255. The molecule has 2 aliphatic carbocycles. The fourth-order valence-electron chi connectivity index (χ4n) is 6.82. The average molecular weight is 484 g/mol. The summed E-state index contributed by atoms with van der Waals surface area (Å²) < 4.78 is 6.41. The summed E-state index contributed by atoms with van der Waals surface area (Å²) in [6.45, 7) is 6.74. The second-order valence-electron chi connectivity index (χ2n) is 11.6. The zero-order chi connectivity index (χ0) is 25.1. The van der Waals surface area contributed by atoms with E-state index in [2.05, 4.69) is 93.6 Å². The van der Waals surface area contributed by atoms with E-state index in [0.29, 0.717) is 5.92 Å². The molecule has 0 amide bonds. The number of fused-ring (bicyclic) bond motifs is 3. The molecule has 37 heavy (non-hydrogen) atoms. The Labute approximate surface area is 219 Å². The number of furan rings is 1. The van der Waals surface area contributed by atoms with Crippen molar-refractivity contribution >= 4 is 33.4 Å². The number of allylic oxidation sites excluding steroid dienone is 1. The lowest BCUT2D eigenvalue weighted by atomic mass is 9.77. The molecular formula is C35H33NO. The summed E-state index contributed by atoms with van der Waals surface area (Å²) in [6, 6.07) is 24.5. The smallest absolute Gasteiger partial charge is 0.135 e. The number of aromatic nitrogens is 1. The second-order valence-corrected chi connectivity index (χ2v) is 11.6. The highest BCUT2D eigenvalue weighted by Crippen LogP contribution is 2.51. The van der Waals surface area contributed by atoms with Crippen LogP contribution in [0.25, 0.3) is 44.6 Å². The topological polar surface area (TPSA) is 26.0 Å². The number of hydrogen-bond donors (Lipinski definition) is 0. The molecule has 0 spiro atoms. The number of nitrogens with zero attached hydrogens (tertiary/aromatic N) is 1. The van der Waals surface area contributed by atoms with Crippen molar-refractivity contribution in [3.8, 4) is 11.3 Å². The van der Waals surface area contributed by atoms with E-state index in [9.17, 15) is 0 Å². The van der Waals surface area contributed by atoms with Crippen LogP contribution in [-0.2, 0) is 5.41 Å². The second kappa shape index (κ2) is 8.45. The lowest BCUT2D eigenvalue weighted by molar-refractivity contribution is 0.445. The first-order chi connectivity index (χ1) is 18.0. The van der Waals surface area contributed by atoms with Crippen LogP contribution in [0.5, 0.6) is 0 Å². The minimum atomic E-state index is -0.224. The summed E-state index contributed by atoms with van der Waals surface area (Å²) in [6.07, 6.45) is 10.9. The molecule has 2 heterocycles. The van der Waals surface area contributed by atoms with Gasteiger partial charge in [-0.25, -0.2) is 0 Å². The van der Waals surface area contributed by atoms with Gasteiger partial charge in [0.25, 0.3) is 0 Å². The van der Waals surface area contributed by atoms with E-state index in [1.807, 2.05) is 6.20 Å². The predicted molar refractivity (Wildman–Crippen MR) is 155 cm³/mol. The minimum Gasteiger partial charge on any atom is -0.456 e. The molecule has 0 unspecified atom stereocenters. The maximum atomic E-state index is 6.41. The Bertz CT molecular complexity index is 1690. The number of benzene rings is 3. The maximum Gasteiger partial charge on any atom is 0.135 e. The lowest BCUT2D eigenvalue weighted by Crippen LogP contribution is -2.18. The summed E-state index contributed by atoms with van der Waals surface area (Å²) in [5, 5.41) is 3.87. The molecule has 0 atom stereocenters. The van der Waals surface area contributed by atoms with E-state index in [0.717, 1.165) is 22.4 Å². The molecule has 7 rings (SSSR count). The summed E-state index contributed by atoms with van der Waals surface area (Å²) in [5.41, 5.74) is 9.55. The molecule has 2 nitrogen and oxygen atoms in total. The van der Waals surface area contributed by atoms with E-state index in [1.165, 1.54) is 76.3 Å². The van der Waals surface area contributed by atoms with Crippen molar-refractivity contribution in [2.24, 2.45) is 0 Å². The highest BCUT2D eigenvalue weighted by Gasteiger charge is 2.38. The molecule has 1 saturated carbocycles. The van der Waals surface area contributed by atoms with Crippen molar-refractivity contribution in [2.75, 3.05) is 0 Å². The average Bonchev–Trinajstić information content (AvgIpc) is 3.45. The van der Waals surface area contributed by atoms with Gasteiger partial charge < -0.3 is 4.42 Å². The number of hydrogen-bond acceptors (Lipinski definition) is 2. The zero-order valence-corrected chi connectivity index (χ0v) is 22.0. The predicted octanol–water partition coefficient (Wildman–Crippen LogP) is 9.84. The molecule has 0 bridgehead atoms. The molecule has 0 aliphatic heterocycles. The van der Waals surface area contributed by atoms with E-state index in [1.54, 1.807) is 0 Å². The first-order valence-corrected chi connectivity index (χ1v) is 13.7. The standard InChI is InChI=1S/C35H33NO/c1-22-13-14-25-21-32(37-31(25)17-22)30-20-26-15-16-36-34(33(26)35(30,2)3)27-18-24-11-7-8-12-28(24)29(19-27)23-9-5-4-6-10-23/h7-8,11-21,23H,4-6,9-10H2,1-3H3. The normalized spacial score (nSPS) is 17.3. The monoisotopic (exact) mass is 483 g/mol. The zero-order valence-electron chi connectivity index (χ0n) is 22.0. The van der Waals surface area contributed by atoms with Gasteiger partial charge in [0.05, 0.1) is 5.69 Å². The van der Waals surface area contributed by atoms with Crippen molar-refractivity contribution in [3.63, 3.8) is 0 Å². The maximum absolute atomic E-state index is 6.41. The van der Waals surface area contributed by atoms with Crippen LogP contribution >= 0.6 is 0 Å². The van der Waals surface area contributed by atoms with Crippen LogP contribution < -0.4 is 0 Å². The van der Waals surface area contributed by atoms with Gasteiger partial charge in [0.1, 0.15) is 11.3 Å². The van der Waals surface area contributed by atoms with E-state index in [4.69, 9.17) is 9.40 Å². The van der Waals surface area contributed by atoms with Crippen molar-refractivity contribution in [3.05, 3.63) is 101 Å². The van der Waals surface area contributed by atoms with Crippen LogP contribution in [0.1, 0.15) is 79.9 Å². The molecule has 3 aromatic carbocycles. The van der Waals surface area contributed by atoms with Gasteiger partial charge in [0.15, 0.2) is 0 Å². The Hall–Kier alpha value is -3.65. The molecule has 0 N–H and O–H groups in total. The molecule has 0 saturated heterocycles. The van der Waals surface area contributed by atoms with Gasteiger partial charge in [-0.3, -0.25) is 4.98 Å². The van der Waals surface area contributed by atoms with E-state index >= 15 is 0 Å². The third-order valence-corrected chi connectivity index (χ3v) is 8.73. The van der Waals surface area contributed by atoms with Crippen molar-refractivity contribution in [2.45, 2.75) is 64.2 Å². The molecule has 1 fully saturated rings. The van der Waals surface area contributed by atoms with Crippen molar-refractivity contribution in [1.29, 1.82) is 0 Å². The van der Waals surface area contributed by atoms with Gasteiger partial charge in [-0.05, 0) is 95.1 Å². The van der Waals surface area contributed by atoms with Crippen molar-refractivity contribution < 1.29 is 4.42 Å². The summed E-state index contributed by atoms with van der Waals surface area (Å²) in [4.78, 5) is 5.03. The van der Waals surface area contributed by atoms with Gasteiger partial charge in [0.2, 0.25) is 0 Å². The first-order valence-electron chi connectivity index (χ1n) is 13.7. The Kier molecular flexibility index (Phi) is 5.15. The fraction of sp³-hybridized carbons (Fsp3) is 0.286. The lowest BCUT2D eigenvalue weighted by Gasteiger charge is -2.27. The van der Waals surface area contributed by atoms with Gasteiger partial charge >= 0.3 is 0 Å². The highest BCUT2D eigenvalue weighted by atomic mass is 16.3. The molecule has 2 aromatic heterocycles. The molecule has 2 heteroatoms. The van der Waals surface area contributed by atoms with Crippen LogP contribution in [0.15, 0.2) is 77.3 Å². The van der Waals surface area contributed by atoms with Crippen LogP contribution in [0.4, 0.5) is 0 Å². The van der Waals surface area contributed by atoms with E-state index < -0.39 is 0 Å². The van der Waals surface area contributed by atoms with Gasteiger partial charge in [-0.2, -0.15) is 0 Å². The largest absolute Gasteiger partial charge is 0.456 e. The summed E-state index contributed by atoms with van der Waals surface area (Å²) in [5.74, 6) is 1.59. The first kappa shape index (κ1) is 22.5. The Morgan fingerprint density at radius 3 is 2.57 bits per heavy atom. The fourth-order valence-corrected chi connectivity index (χ4v) is 6.82. The SMILES string of the molecule is Cc1ccc2cc(C3=Cc4ccnc(-c5cc(C6CCCCC6)c6ccccc6c5)c4C3(C)C)oc2c1. The summed E-state index contributed by atoms with van der Waals surface area (Å²) >= 11 is 0. The van der Waals surface area contributed by atoms with Gasteiger partial charge in [0, 0.05) is 28.1 Å². The Morgan fingerprint density at radius 2 is 1.70 bits per heavy atom. The Morgan fingerprint density at radius 1 is 0.865 bits per heavy atom. The van der Waals surface area contributed by atoms with E-state index in [-0.39, 0.29) is 5.41 Å².